The highest BCUT2D eigenvalue weighted by molar-refractivity contribution is 5.56. The Labute approximate surface area is 98.5 Å². The minimum absolute atomic E-state index is 0.0722. The van der Waals surface area contributed by atoms with Crippen LogP contribution in [0, 0.1) is 10.1 Å². The van der Waals surface area contributed by atoms with Crippen LogP contribution in [-0.4, -0.2) is 53.2 Å². The number of aromatic nitrogens is 2. The van der Waals surface area contributed by atoms with E-state index in [1.165, 1.54) is 10.9 Å². The van der Waals surface area contributed by atoms with Crippen LogP contribution in [0.3, 0.4) is 0 Å². The van der Waals surface area contributed by atoms with Crippen LogP contribution in [-0.2, 0) is 11.8 Å². The van der Waals surface area contributed by atoms with E-state index in [1.807, 2.05) is 0 Å². The van der Waals surface area contributed by atoms with Crippen molar-refractivity contribution < 1.29 is 14.8 Å². The largest absolute Gasteiger partial charge is 0.395 e. The number of rotatable bonds is 7. The normalized spacial score (nSPS) is 10.5. The van der Waals surface area contributed by atoms with E-state index in [1.54, 1.807) is 19.1 Å². The third-order valence-electron chi connectivity index (χ3n) is 2.22. The highest BCUT2D eigenvalue weighted by Crippen LogP contribution is 2.25. The van der Waals surface area contributed by atoms with E-state index < -0.39 is 4.92 Å². The maximum absolute atomic E-state index is 10.8. The first kappa shape index (κ1) is 13.4. The summed E-state index contributed by atoms with van der Waals surface area (Å²) in [6.07, 6.45) is 1.34. The predicted molar refractivity (Wildman–Crippen MR) is 61.0 cm³/mol. The standard InChI is InChI=1S/C9H16N4O4/c1-11-7-8(13(15)16)9(10-11)12(3-5-14)4-6-17-2/h7,14H,3-6H2,1-2H3. The molecular weight excluding hydrogens is 228 g/mol. The molecule has 0 spiro atoms. The van der Waals surface area contributed by atoms with Gasteiger partial charge in [-0.05, 0) is 0 Å². The lowest BCUT2D eigenvalue weighted by atomic mass is 10.4. The molecule has 0 unspecified atom stereocenters. The lowest BCUT2D eigenvalue weighted by Crippen LogP contribution is -2.31. The summed E-state index contributed by atoms with van der Waals surface area (Å²) >= 11 is 0. The van der Waals surface area contributed by atoms with E-state index >= 15 is 0 Å². The molecule has 0 aliphatic carbocycles. The van der Waals surface area contributed by atoms with Crippen LogP contribution in [0.25, 0.3) is 0 Å². The molecule has 8 nitrogen and oxygen atoms in total. The Kier molecular flexibility index (Phi) is 4.85. The second-order valence-corrected chi connectivity index (χ2v) is 3.47. The zero-order valence-electron chi connectivity index (χ0n) is 9.87. The summed E-state index contributed by atoms with van der Waals surface area (Å²) in [7, 11) is 3.16. The number of nitro groups is 1. The Morgan fingerprint density at radius 2 is 2.35 bits per heavy atom. The van der Waals surface area contributed by atoms with Crippen LogP contribution in [0.15, 0.2) is 6.20 Å². The second kappa shape index (κ2) is 6.16. The quantitative estimate of drug-likeness (QED) is 0.526. The molecule has 1 rings (SSSR count). The molecular formula is C9H16N4O4. The molecule has 0 saturated heterocycles. The molecule has 0 radical (unpaired) electrons. The molecule has 0 aliphatic rings. The predicted octanol–water partition coefficient (Wildman–Crippen LogP) is -0.227. The van der Waals surface area contributed by atoms with Gasteiger partial charge in [0.1, 0.15) is 6.20 Å². The molecule has 8 heteroatoms. The van der Waals surface area contributed by atoms with E-state index in [9.17, 15) is 10.1 Å². The van der Waals surface area contributed by atoms with Gasteiger partial charge in [-0.15, -0.1) is 5.10 Å². The topological polar surface area (TPSA) is 93.7 Å². The number of hydrogen-bond acceptors (Lipinski definition) is 6. The molecule has 17 heavy (non-hydrogen) atoms. The Balaban J connectivity index is 2.95. The van der Waals surface area contributed by atoms with E-state index in [-0.39, 0.29) is 24.7 Å². The monoisotopic (exact) mass is 244 g/mol. The fourth-order valence-electron chi connectivity index (χ4n) is 1.46. The number of methoxy groups -OCH3 is 1. The molecule has 1 aromatic heterocycles. The summed E-state index contributed by atoms with van der Waals surface area (Å²) in [5.41, 5.74) is -0.0722. The van der Waals surface area contributed by atoms with Crippen LogP contribution in [0.4, 0.5) is 11.5 Å². The molecule has 0 aliphatic heterocycles. The Hall–Kier alpha value is -1.67. The van der Waals surface area contributed by atoms with Gasteiger partial charge in [0.05, 0.1) is 18.1 Å². The van der Waals surface area contributed by atoms with Crippen molar-refractivity contribution in [1.82, 2.24) is 9.78 Å². The number of nitrogens with zero attached hydrogens (tertiary/aromatic N) is 4. The van der Waals surface area contributed by atoms with Gasteiger partial charge in [-0.3, -0.25) is 14.8 Å². The average Bonchev–Trinajstić information content (AvgIpc) is 2.66. The number of ether oxygens (including phenoxy) is 1. The first-order chi connectivity index (χ1) is 8.10. The van der Waals surface area contributed by atoms with Crippen LogP contribution in [0.5, 0.6) is 0 Å². The number of aliphatic hydroxyl groups is 1. The van der Waals surface area contributed by atoms with Crippen molar-refractivity contribution in [3.8, 4) is 0 Å². The minimum Gasteiger partial charge on any atom is -0.395 e. The lowest BCUT2D eigenvalue weighted by Gasteiger charge is -2.19. The number of hydrogen-bond donors (Lipinski definition) is 1. The summed E-state index contributed by atoms with van der Waals surface area (Å²) < 4.78 is 6.30. The number of anilines is 1. The van der Waals surface area contributed by atoms with E-state index in [4.69, 9.17) is 9.84 Å². The van der Waals surface area contributed by atoms with Gasteiger partial charge in [0, 0.05) is 27.2 Å². The molecule has 1 aromatic rings. The molecule has 0 bridgehead atoms. The molecule has 0 amide bonds. The van der Waals surface area contributed by atoms with Gasteiger partial charge in [0.15, 0.2) is 0 Å². The third kappa shape index (κ3) is 3.40. The van der Waals surface area contributed by atoms with Crippen molar-refractivity contribution in [3.63, 3.8) is 0 Å². The maximum atomic E-state index is 10.8. The van der Waals surface area contributed by atoms with Gasteiger partial charge in [-0.25, -0.2) is 0 Å². The first-order valence-corrected chi connectivity index (χ1v) is 5.13. The van der Waals surface area contributed by atoms with Crippen molar-refractivity contribution >= 4 is 11.5 Å². The highest BCUT2D eigenvalue weighted by atomic mass is 16.6. The first-order valence-electron chi connectivity index (χ1n) is 5.13. The SMILES string of the molecule is COCCN(CCO)c1nn(C)cc1[N+](=O)[O-]. The fourth-order valence-corrected chi connectivity index (χ4v) is 1.46. The summed E-state index contributed by atoms with van der Waals surface area (Å²) in [6, 6.07) is 0. The zero-order chi connectivity index (χ0) is 12.8. The lowest BCUT2D eigenvalue weighted by molar-refractivity contribution is -0.384. The minimum atomic E-state index is -0.487. The van der Waals surface area contributed by atoms with Crippen molar-refractivity contribution in [1.29, 1.82) is 0 Å². The van der Waals surface area contributed by atoms with Gasteiger partial charge in [-0.2, -0.15) is 0 Å². The van der Waals surface area contributed by atoms with Gasteiger partial charge >= 0.3 is 5.69 Å². The fraction of sp³-hybridized carbons (Fsp3) is 0.667. The van der Waals surface area contributed by atoms with Crippen LogP contribution < -0.4 is 4.90 Å². The van der Waals surface area contributed by atoms with Crippen molar-refractivity contribution in [2.24, 2.45) is 7.05 Å². The summed E-state index contributed by atoms with van der Waals surface area (Å²) in [5, 5.41) is 23.8. The number of aliphatic hydroxyl groups excluding tert-OH is 1. The molecule has 0 aromatic carbocycles. The molecule has 96 valence electrons. The Morgan fingerprint density at radius 1 is 1.65 bits per heavy atom. The highest BCUT2D eigenvalue weighted by Gasteiger charge is 2.23. The van der Waals surface area contributed by atoms with E-state index in [0.29, 0.717) is 13.2 Å². The molecule has 1 N–H and O–H groups in total. The molecule has 0 saturated carbocycles. The van der Waals surface area contributed by atoms with Gasteiger partial charge in [0.2, 0.25) is 5.82 Å². The average molecular weight is 244 g/mol. The van der Waals surface area contributed by atoms with Crippen molar-refractivity contribution in [3.05, 3.63) is 16.3 Å². The second-order valence-electron chi connectivity index (χ2n) is 3.47. The van der Waals surface area contributed by atoms with Gasteiger partial charge < -0.3 is 14.7 Å². The zero-order valence-corrected chi connectivity index (χ0v) is 9.87. The van der Waals surface area contributed by atoms with Gasteiger partial charge in [-0.1, -0.05) is 0 Å². The third-order valence-corrected chi connectivity index (χ3v) is 2.22. The van der Waals surface area contributed by atoms with Crippen molar-refractivity contribution in [2.45, 2.75) is 0 Å². The van der Waals surface area contributed by atoms with E-state index in [2.05, 4.69) is 5.10 Å². The van der Waals surface area contributed by atoms with Gasteiger partial charge in [0.25, 0.3) is 0 Å². The summed E-state index contributed by atoms with van der Waals surface area (Å²) in [5.74, 6) is 0.253. The van der Waals surface area contributed by atoms with E-state index in [0.717, 1.165) is 0 Å². The number of aryl methyl sites for hydroxylation is 1. The van der Waals surface area contributed by atoms with Crippen LogP contribution in [0.1, 0.15) is 0 Å². The smallest absolute Gasteiger partial charge is 0.330 e. The molecule has 0 fully saturated rings. The van der Waals surface area contributed by atoms with Crippen LogP contribution >= 0.6 is 0 Å². The van der Waals surface area contributed by atoms with Crippen molar-refractivity contribution in [2.75, 3.05) is 38.3 Å². The summed E-state index contributed by atoms with van der Waals surface area (Å²) in [6.45, 7) is 1.03. The molecule has 1 heterocycles. The summed E-state index contributed by atoms with van der Waals surface area (Å²) in [4.78, 5) is 12.0. The Bertz CT molecular complexity index is 379. The molecule has 0 atom stereocenters. The Morgan fingerprint density at radius 3 is 2.88 bits per heavy atom. The van der Waals surface area contributed by atoms with Crippen LogP contribution in [0.2, 0.25) is 0 Å². The maximum Gasteiger partial charge on any atom is 0.330 e.